The Hall–Kier alpha value is -0.570. The van der Waals surface area contributed by atoms with E-state index in [1.54, 1.807) is 0 Å². The van der Waals surface area contributed by atoms with Gasteiger partial charge in [0.15, 0.2) is 0 Å². The fraction of sp³-hybridized carbons (Fsp3) is 0.900. The highest BCUT2D eigenvalue weighted by atomic mass is 16.5. The second-order valence-corrected chi connectivity index (χ2v) is 4.22. The second-order valence-electron chi connectivity index (χ2n) is 4.22. The van der Waals surface area contributed by atoms with Gasteiger partial charge in [0.25, 0.3) is 0 Å². The zero-order valence-electron chi connectivity index (χ0n) is 7.79. The van der Waals surface area contributed by atoms with Crippen molar-refractivity contribution in [3.8, 4) is 0 Å². The van der Waals surface area contributed by atoms with Crippen LogP contribution in [0, 0.1) is 5.92 Å². The molecule has 0 spiro atoms. The highest BCUT2D eigenvalue weighted by Crippen LogP contribution is 2.45. The highest BCUT2D eigenvalue weighted by Gasteiger charge is 2.47. The molecule has 2 rings (SSSR count). The van der Waals surface area contributed by atoms with Crippen LogP contribution in [0.5, 0.6) is 0 Å². The zero-order chi connectivity index (χ0) is 9.31. The maximum absolute atomic E-state index is 10.7. The lowest BCUT2D eigenvalue weighted by Crippen LogP contribution is -2.50. The van der Waals surface area contributed by atoms with Crippen molar-refractivity contribution in [3.05, 3.63) is 0 Å². The first kappa shape index (κ1) is 9.00. The third-order valence-electron chi connectivity index (χ3n) is 3.46. The SMILES string of the molecule is O=C(O)CC1(C2CCCC2)CCO1. The van der Waals surface area contributed by atoms with E-state index in [0.29, 0.717) is 5.92 Å². The molecular formula is C10H16O3. The molecule has 1 aliphatic heterocycles. The van der Waals surface area contributed by atoms with Gasteiger partial charge < -0.3 is 9.84 Å². The first-order valence-corrected chi connectivity index (χ1v) is 5.09. The van der Waals surface area contributed by atoms with E-state index in [9.17, 15) is 4.79 Å². The number of carboxylic acids is 1. The first-order valence-electron chi connectivity index (χ1n) is 5.09. The maximum atomic E-state index is 10.7. The Labute approximate surface area is 78.1 Å². The molecule has 2 aliphatic rings. The van der Waals surface area contributed by atoms with Crippen molar-refractivity contribution in [2.24, 2.45) is 5.92 Å². The Bertz CT molecular complexity index is 202. The molecule has 1 saturated heterocycles. The number of rotatable bonds is 3. The predicted molar refractivity (Wildman–Crippen MR) is 47.5 cm³/mol. The van der Waals surface area contributed by atoms with Crippen LogP contribution in [0.2, 0.25) is 0 Å². The summed E-state index contributed by atoms with van der Waals surface area (Å²) in [6.07, 6.45) is 5.97. The summed E-state index contributed by atoms with van der Waals surface area (Å²) < 4.78 is 5.53. The van der Waals surface area contributed by atoms with Gasteiger partial charge in [-0.05, 0) is 18.8 Å². The van der Waals surface area contributed by atoms with Gasteiger partial charge in [-0.25, -0.2) is 0 Å². The fourth-order valence-electron chi connectivity index (χ4n) is 2.68. The highest BCUT2D eigenvalue weighted by molar-refractivity contribution is 5.68. The Balaban J connectivity index is 2.01. The molecule has 1 saturated carbocycles. The molecule has 2 fully saturated rings. The molecule has 0 aromatic heterocycles. The van der Waals surface area contributed by atoms with Crippen LogP contribution in [0.1, 0.15) is 38.5 Å². The molecule has 1 aliphatic carbocycles. The minimum absolute atomic E-state index is 0.206. The molecule has 1 unspecified atom stereocenters. The van der Waals surface area contributed by atoms with Crippen molar-refractivity contribution in [1.82, 2.24) is 0 Å². The summed E-state index contributed by atoms with van der Waals surface area (Å²) in [7, 11) is 0. The topological polar surface area (TPSA) is 46.5 Å². The van der Waals surface area contributed by atoms with Gasteiger partial charge >= 0.3 is 5.97 Å². The van der Waals surface area contributed by atoms with E-state index in [4.69, 9.17) is 9.84 Å². The number of aliphatic carboxylic acids is 1. The standard InChI is InChI=1S/C10H16O3/c11-9(12)7-10(5-6-13-10)8-3-1-2-4-8/h8H,1-7H2,(H,11,12). The molecule has 3 nitrogen and oxygen atoms in total. The summed E-state index contributed by atoms with van der Waals surface area (Å²) in [5.74, 6) is -0.205. The average molecular weight is 184 g/mol. The van der Waals surface area contributed by atoms with Crippen molar-refractivity contribution in [1.29, 1.82) is 0 Å². The largest absolute Gasteiger partial charge is 0.481 e. The molecule has 1 N–H and O–H groups in total. The van der Waals surface area contributed by atoms with Gasteiger partial charge in [-0.2, -0.15) is 0 Å². The number of hydrogen-bond donors (Lipinski definition) is 1. The molecule has 0 aromatic rings. The van der Waals surface area contributed by atoms with Crippen LogP contribution < -0.4 is 0 Å². The third kappa shape index (κ3) is 1.57. The summed E-state index contributed by atoms with van der Waals surface area (Å²) in [6, 6.07) is 0. The van der Waals surface area contributed by atoms with Crippen LogP contribution >= 0.6 is 0 Å². The summed E-state index contributed by atoms with van der Waals surface area (Å²) in [4.78, 5) is 10.7. The van der Waals surface area contributed by atoms with E-state index >= 15 is 0 Å². The van der Waals surface area contributed by atoms with E-state index in [-0.39, 0.29) is 12.0 Å². The smallest absolute Gasteiger partial charge is 0.306 e. The molecule has 1 atom stereocenters. The Morgan fingerprint density at radius 3 is 2.46 bits per heavy atom. The minimum atomic E-state index is -0.716. The lowest BCUT2D eigenvalue weighted by molar-refractivity contribution is -0.193. The van der Waals surface area contributed by atoms with Crippen LogP contribution in [-0.4, -0.2) is 23.3 Å². The number of ether oxygens (including phenoxy) is 1. The maximum Gasteiger partial charge on any atom is 0.306 e. The molecule has 3 heteroatoms. The van der Waals surface area contributed by atoms with Gasteiger partial charge in [0, 0.05) is 6.42 Å². The predicted octanol–water partition coefficient (Wildman–Crippen LogP) is 1.81. The van der Waals surface area contributed by atoms with Crippen molar-refractivity contribution in [2.75, 3.05) is 6.61 Å². The second kappa shape index (κ2) is 3.29. The zero-order valence-corrected chi connectivity index (χ0v) is 7.79. The molecule has 13 heavy (non-hydrogen) atoms. The van der Waals surface area contributed by atoms with E-state index in [0.717, 1.165) is 25.9 Å². The van der Waals surface area contributed by atoms with Gasteiger partial charge in [-0.15, -0.1) is 0 Å². The van der Waals surface area contributed by atoms with E-state index in [2.05, 4.69) is 0 Å². The lowest BCUT2D eigenvalue weighted by atomic mass is 9.77. The van der Waals surface area contributed by atoms with Crippen molar-refractivity contribution in [2.45, 2.75) is 44.1 Å². The Morgan fingerprint density at radius 1 is 1.46 bits per heavy atom. The average Bonchev–Trinajstić information content (AvgIpc) is 2.48. The van der Waals surface area contributed by atoms with Gasteiger partial charge in [0.2, 0.25) is 0 Å². The first-order chi connectivity index (χ1) is 6.23. The van der Waals surface area contributed by atoms with Crippen molar-refractivity contribution in [3.63, 3.8) is 0 Å². The van der Waals surface area contributed by atoms with Gasteiger partial charge in [0.05, 0.1) is 18.6 Å². The molecule has 0 radical (unpaired) electrons. The fourth-order valence-corrected chi connectivity index (χ4v) is 2.68. The van der Waals surface area contributed by atoms with Crippen LogP contribution in [0.3, 0.4) is 0 Å². The molecule has 74 valence electrons. The minimum Gasteiger partial charge on any atom is -0.481 e. The Morgan fingerprint density at radius 2 is 2.08 bits per heavy atom. The van der Waals surface area contributed by atoms with Crippen LogP contribution in [0.25, 0.3) is 0 Å². The Kier molecular flexibility index (Phi) is 2.28. The van der Waals surface area contributed by atoms with E-state index in [1.807, 2.05) is 0 Å². The quantitative estimate of drug-likeness (QED) is 0.727. The number of carboxylic acid groups (broad SMARTS) is 1. The monoisotopic (exact) mass is 184 g/mol. The normalized spacial score (nSPS) is 34.5. The summed E-state index contributed by atoms with van der Waals surface area (Å²) in [5, 5.41) is 8.79. The van der Waals surface area contributed by atoms with Gasteiger partial charge in [0.1, 0.15) is 0 Å². The molecule has 1 heterocycles. The van der Waals surface area contributed by atoms with Gasteiger partial charge in [-0.3, -0.25) is 4.79 Å². The van der Waals surface area contributed by atoms with Crippen LogP contribution in [-0.2, 0) is 9.53 Å². The van der Waals surface area contributed by atoms with Crippen molar-refractivity contribution < 1.29 is 14.6 Å². The van der Waals surface area contributed by atoms with Crippen molar-refractivity contribution >= 4 is 5.97 Å². The molecular weight excluding hydrogens is 168 g/mol. The summed E-state index contributed by atoms with van der Waals surface area (Å²) in [6.45, 7) is 0.754. The summed E-state index contributed by atoms with van der Waals surface area (Å²) in [5.41, 5.74) is -0.275. The molecule has 0 amide bonds. The van der Waals surface area contributed by atoms with Crippen LogP contribution in [0.4, 0.5) is 0 Å². The van der Waals surface area contributed by atoms with E-state index in [1.165, 1.54) is 12.8 Å². The van der Waals surface area contributed by atoms with Gasteiger partial charge in [-0.1, -0.05) is 12.8 Å². The molecule has 0 aromatic carbocycles. The lowest BCUT2D eigenvalue weighted by Gasteiger charge is -2.45. The summed E-state index contributed by atoms with van der Waals surface area (Å²) >= 11 is 0. The van der Waals surface area contributed by atoms with Crippen LogP contribution in [0.15, 0.2) is 0 Å². The van der Waals surface area contributed by atoms with E-state index < -0.39 is 5.97 Å². The molecule has 0 bridgehead atoms. The number of carbonyl (C=O) groups is 1. The number of hydrogen-bond acceptors (Lipinski definition) is 2. The third-order valence-corrected chi connectivity index (χ3v) is 3.46.